The smallest absolute Gasteiger partial charge is 0.449 e. The van der Waals surface area contributed by atoms with Gasteiger partial charge in [-0.25, -0.2) is 0 Å². The van der Waals surface area contributed by atoms with Gasteiger partial charge in [-0.2, -0.15) is 13.2 Å². The van der Waals surface area contributed by atoms with Crippen molar-refractivity contribution < 1.29 is 22.0 Å². The normalized spacial score (nSPS) is 12.8. The van der Waals surface area contributed by atoms with Crippen LogP contribution in [0.4, 0.5) is 13.2 Å². The molecule has 0 aliphatic rings. The van der Waals surface area contributed by atoms with Crippen molar-refractivity contribution in [2.75, 3.05) is 0 Å². The van der Waals surface area contributed by atoms with Crippen molar-refractivity contribution in [1.82, 2.24) is 0 Å². The predicted molar refractivity (Wildman–Crippen MR) is 104 cm³/mol. The van der Waals surface area contributed by atoms with Gasteiger partial charge in [0, 0.05) is 10.8 Å². The van der Waals surface area contributed by atoms with Gasteiger partial charge in [-0.3, -0.25) is 0 Å². The van der Waals surface area contributed by atoms with Crippen LogP contribution in [0.5, 0.6) is 0 Å². The maximum atomic E-state index is 13.0. The minimum atomic E-state index is -4.50. The lowest BCUT2D eigenvalue weighted by molar-refractivity contribution is -0.152. The Bertz CT molecular complexity index is 1550. The van der Waals surface area contributed by atoms with Crippen molar-refractivity contribution in [3.8, 4) is 0 Å². The molecule has 5 heteroatoms. The summed E-state index contributed by atoms with van der Waals surface area (Å²) in [5.41, 5.74) is 1.03. The summed E-state index contributed by atoms with van der Waals surface area (Å²) < 4.78 is 49.6. The Balaban J connectivity index is 1.71. The van der Waals surface area contributed by atoms with Crippen LogP contribution >= 0.6 is 0 Å². The van der Waals surface area contributed by atoms with Gasteiger partial charge in [0.25, 0.3) is 0 Å². The Kier molecular flexibility index (Phi) is 2.82. The van der Waals surface area contributed by atoms with Crippen LogP contribution in [-0.2, 0) is 6.18 Å². The minimum Gasteiger partial charge on any atom is -0.464 e. The third-order valence-electron chi connectivity index (χ3n) is 5.32. The molecule has 136 valence electrons. The van der Waals surface area contributed by atoms with Crippen LogP contribution in [0.3, 0.4) is 0 Å². The second-order valence-electron chi connectivity index (χ2n) is 6.98. The highest BCUT2D eigenvalue weighted by atomic mass is 19.4. The van der Waals surface area contributed by atoms with Gasteiger partial charge in [0.1, 0.15) is 11.2 Å². The molecule has 4 aromatic carbocycles. The number of hydrogen-bond donors (Lipinski definition) is 0. The second-order valence-corrected chi connectivity index (χ2v) is 6.98. The quantitative estimate of drug-likeness (QED) is 0.254. The molecule has 28 heavy (non-hydrogen) atoms. The molecule has 0 radical (unpaired) electrons. The zero-order valence-corrected chi connectivity index (χ0v) is 14.3. The van der Waals surface area contributed by atoms with E-state index >= 15 is 0 Å². The molecule has 6 aromatic rings. The third kappa shape index (κ3) is 2.10. The van der Waals surface area contributed by atoms with E-state index < -0.39 is 11.9 Å². The van der Waals surface area contributed by atoms with E-state index in [9.17, 15) is 13.2 Å². The Labute approximate surface area is 155 Å². The highest BCUT2D eigenvalue weighted by Gasteiger charge is 2.35. The van der Waals surface area contributed by atoms with Crippen LogP contribution < -0.4 is 0 Å². The lowest BCUT2D eigenvalue weighted by Gasteiger charge is -2.08. The molecule has 0 bridgehead atoms. The molecule has 0 saturated carbocycles. The summed E-state index contributed by atoms with van der Waals surface area (Å²) in [7, 11) is 0. The number of benzene rings is 4. The number of furan rings is 2. The molecule has 6 rings (SSSR count). The molecule has 2 heterocycles. The van der Waals surface area contributed by atoms with E-state index in [-0.39, 0.29) is 5.58 Å². The topological polar surface area (TPSA) is 26.3 Å². The zero-order chi connectivity index (χ0) is 19.0. The Hall–Kier alpha value is -3.47. The number of alkyl halides is 3. The SMILES string of the molecule is FC(F)(F)c1cc2cc3ccc4c5cc6occc6cc5ccc4c3cc2o1. The third-order valence-corrected chi connectivity index (χ3v) is 5.32. The first kappa shape index (κ1) is 15.6. The monoisotopic (exact) mass is 376 g/mol. The Morgan fingerprint density at radius 3 is 1.89 bits per heavy atom. The van der Waals surface area contributed by atoms with Crippen molar-refractivity contribution in [2.45, 2.75) is 6.18 Å². The summed E-state index contributed by atoms with van der Waals surface area (Å²) in [5, 5.41) is 7.30. The first-order chi connectivity index (χ1) is 13.5. The van der Waals surface area contributed by atoms with Crippen molar-refractivity contribution in [2.24, 2.45) is 0 Å². The predicted octanol–water partition coefficient (Wildman–Crippen LogP) is 7.66. The maximum absolute atomic E-state index is 13.0. The number of rotatable bonds is 0. The van der Waals surface area contributed by atoms with Gasteiger partial charge >= 0.3 is 6.18 Å². The highest BCUT2D eigenvalue weighted by molar-refractivity contribution is 6.20. The van der Waals surface area contributed by atoms with Crippen molar-refractivity contribution in [3.63, 3.8) is 0 Å². The fraction of sp³-hybridized carbons (Fsp3) is 0.0435. The molecule has 0 aliphatic heterocycles. The van der Waals surface area contributed by atoms with Crippen LogP contribution in [0.25, 0.3) is 54.3 Å². The fourth-order valence-electron chi connectivity index (χ4n) is 4.01. The number of halogens is 3. The van der Waals surface area contributed by atoms with E-state index in [1.54, 1.807) is 18.4 Å². The minimum absolute atomic E-state index is 0.230. The van der Waals surface area contributed by atoms with E-state index in [0.717, 1.165) is 49.4 Å². The standard InChI is InChI=1S/C23H11F3O2/c24-23(25,26)22-9-15-8-13-2-4-16-17(19(13)11-21(15)28-22)3-1-12-7-14-5-6-27-20(14)10-18(12)16/h1-11H. The van der Waals surface area contributed by atoms with E-state index in [1.807, 2.05) is 36.4 Å². The summed E-state index contributed by atoms with van der Waals surface area (Å²) in [6.45, 7) is 0. The van der Waals surface area contributed by atoms with E-state index in [1.165, 1.54) is 0 Å². The zero-order valence-electron chi connectivity index (χ0n) is 14.3. The summed E-state index contributed by atoms with van der Waals surface area (Å²) in [5.74, 6) is -0.979. The molecule has 0 amide bonds. The molecule has 2 nitrogen and oxygen atoms in total. The van der Waals surface area contributed by atoms with Gasteiger partial charge in [-0.15, -0.1) is 0 Å². The van der Waals surface area contributed by atoms with Crippen molar-refractivity contribution in [1.29, 1.82) is 0 Å². The van der Waals surface area contributed by atoms with Crippen LogP contribution in [0.15, 0.2) is 75.8 Å². The largest absolute Gasteiger partial charge is 0.464 e. The van der Waals surface area contributed by atoms with E-state index in [2.05, 4.69) is 6.07 Å². The molecule has 0 aliphatic carbocycles. The molecular formula is C23H11F3O2. The molecule has 0 atom stereocenters. The van der Waals surface area contributed by atoms with Gasteiger partial charge in [-0.05, 0) is 68.7 Å². The van der Waals surface area contributed by atoms with Gasteiger partial charge in [-0.1, -0.05) is 24.3 Å². The van der Waals surface area contributed by atoms with Crippen molar-refractivity contribution >= 4 is 54.3 Å². The fourth-order valence-corrected chi connectivity index (χ4v) is 4.01. The number of fused-ring (bicyclic) bond motifs is 7. The lowest BCUT2D eigenvalue weighted by atomic mass is 9.96. The Morgan fingerprint density at radius 2 is 1.21 bits per heavy atom. The highest BCUT2D eigenvalue weighted by Crippen LogP contribution is 2.38. The average molecular weight is 376 g/mol. The first-order valence-electron chi connectivity index (χ1n) is 8.75. The number of hydrogen-bond acceptors (Lipinski definition) is 2. The summed E-state index contributed by atoms with van der Waals surface area (Å²) in [4.78, 5) is 0. The van der Waals surface area contributed by atoms with Crippen LogP contribution in [0, 0.1) is 0 Å². The van der Waals surface area contributed by atoms with Gasteiger partial charge in [0.15, 0.2) is 0 Å². The van der Waals surface area contributed by atoms with Gasteiger partial charge in [0.2, 0.25) is 5.76 Å². The van der Waals surface area contributed by atoms with Gasteiger partial charge in [0.05, 0.1) is 6.26 Å². The Morgan fingerprint density at radius 1 is 0.571 bits per heavy atom. The second kappa shape index (κ2) is 5.07. The molecular weight excluding hydrogens is 365 g/mol. The molecule has 0 unspecified atom stereocenters. The molecule has 0 N–H and O–H groups in total. The van der Waals surface area contributed by atoms with E-state index in [4.69, 9.17) is 8.83 Å². The molecule has 2 aromatic heterocycles. The summed E-state index contributed by atoms with van der Waals surface area (Å²) in [6, 6.07) is 18.5. The van der Waals surface area contributed by atoms with E-state index in [0.29, 0.717) is 5.39 Å². The van der Waals surface area contributed by atoms with Crippen molar-refractivity contribution in [3.05, 3.63) is 72.7 Å². The summed E-state index contributed by atoms with van der Waals surface area (Å²) in [6.07, 6.45) is -2.84. The molecule has 0 fully saturated rings. The molecule has 0 spiro atoms. The van der Waals surface area contributed by atoms with Crippen LogP contribution in [0.1, 0.15) is 5.76 Å². The van der Waals surface area contributed by atoms with Gasteiger partial charge < -0.3 is 8.83 Å². The lowest BCUT2D eigenvalue weighted by Crippen LogP contribution is -2.01. The van der Waals surface area contributed by atoms with Crippen LogP contribution in [-0.4, -0.2) is 0 Å². The average Bonchev–Trinajstić information content (AvgIpc) is 3.29. The maximum Gasteiger partial charge on any atom is 0.449 e. The first-order valence-corrected chi connectivity index (χ1v) is 8.75. The van der Waals surface area contributed by atoms with Crippen LogP contribution in [0.2, 0.25) is 0 Å². The summed E-state index contributed by atoms with van der Waals surface area (Å²) >= 11 is 0. The molecule has 0 saturated heterocycles.